The zero-order chi connectivity index (χ0) is 15.6. The maximum atomic E-state index is 11.3. The molecule has 2 aromatic rings. The summed E-state index contributed by atoms with van der Waals surface area (Å²) in [6.07, 6.45) is 0. The molecular formula is C15H16BrNO3S. The second kappa shape index (κ2) is 6.17. The average molecular weight is 370 g/mol. The molecule has 4 nitrogen and oxygen atoms in total. The minimum Gasteiger partial charge on any atom is -0.488 e. The van der Waals surface area contributed by atoms with Crippen LogP contribution in [-0.4, -0.2) is 8.42 Å². The van der Waals surface area contributed by atoms with Crippen molar-refractivity contribution in [3.63, 3.8) is 0 Å². The van der Waals surface area contributed by atoms with Gasteiger partial charge in [-0.25, -0.2) is 13.6 Å². The summed E-state index contributed by atoms with van der Waals surface area (Å²) in [4.78, 5) is 0.0498. The zero-order valence-corrected chi connectivity index (χ0v) is 14.2. The number of halogens is 1. The molecule has 0 aliphatic carbocycles. The van der Waals surface area contributed by atoms with Gasteiger partial charge in [-0.05, 0) is 64.7 Å². The van der Waals surface area contributed by atoms with Crippen molar-refractivity contribution in [2.45, 2.75) is 25.3 Å². The number of hydrogen-bond donors (Lipinski definition) is 1. The number of nitrogens with two attached hydrogens (primary N) is 1. The summed E-state index contributed by atoms with van der Waals surface area (Å²) in [6, 6.07) is 10.5. The summed E-state index contributed by atoms with van der Waals surface area (Å²) >= 11 is 3.31. The highest BCUT2D eigenvalue weighted by atomic mass is 79.9. The van der Waals surface area contributed by atoms with Gasteiger partial charge in [-0.1, -0.05) is 18.2 Å². The smallest absolute Gasteiger partial charge is 0.238 e. The van der Waals surface area contributed by atoms with Gasteiger partial charge in [0.05, 0.1) is 9.37 Å². The van der Waals surface area contributed by atoms with Crippen molar-refractivity contribution in [2.75, 3.05) is 0 Å². The fourth-order valence-corrected chi connectivity index (χ4v) is 3.19. The number of aryl methyl sites for hydroxylation is 2. The molecule has 21 heavy (non-hydrogen) atoms. The van der Waals surface area contributed by atoms with Crippen LogP contribution in [0.3, 0.4) is 0 Å². The van der Waals surface area contributed by atoms with Gasteiger partial charge in [0.25, 0.3) is 0 Å². The Hall–Kier alpha value is -1.37. The highest BCUT2D eigenvalue weighted by molar-refractivity contribution is 9.10. The molecule has 2 aromatic carbocycles. The third-order valence-electron chi connectivity index (χ3n) is 3.25. The standard InChI is InChI=1S/C15H16BrNO3S/c1-10-4-3-5-11(2)13(10)9-20-15-7-6-12(8-14(15)16)21(17,18)19/h3-8H,9H2,1-2H3,(H2,17,18,19). The molecule has 0 fully saturated rings. The summed E-state index contributed by atoms with van der Waals surface area (Å²) in [7, 11) is -3.71. The highest BCUT2D eigenvalue weighted by Crippen LogP contribution is 2.28. The van der Waals surface area contributed by atoms with Crippen LogP contribution in [0, 0.1) is 13.8 Å². The topological polar surface area (TPSA) is 69.4 Å². The quantitative estimate of drug-likeness (QED) is 0.898. The summed E-state index contributed by atoms with van der Waals surface area (Å²) in [5.41, 5.74) is 3.44. The van der Waals surface area contributed by atoms with Crippen molar-refractivity contribution in [1.29, 1.82) is 0 Å². The molecule has 0 aliphatic heterocycles. The second-order valence-corrected chi connectivity index (χ2v) is 7.21. The number of hydrogen-bond acceptors (Lipinski definition) is 3. The van der Waals surface area contributed by atoms with Crippen LogP contribution < -0.4 is 9.88 Å². The minimum atomic E-state index is -3.71. The van der Waals surface area contributed by atoms with Crippen LogP contribution in [0.5, 0.6) is 5.75 Å². The van der Waals surface area contributed by atoms with Gasteiger partial charge in [-0.15, -0.1) is 0 Å². The van der Waals surface area contributed by atoms with Crippen molar-refractivity contribution in [3.05, 3.63) is 57.6 Å². The first-order valence-electron chi connectivity index (χ1n) is 6.29. The van der Waals surface area contributed by atoms with E-state index < -0.39 is 10.0 Å². The van der Waals surface area contributed by atoms with Crippen LogP contribution in [-0.2, 0) is 16.6 Å². The molecule has 0 saturated heterocycles. The third-order valence-corrected chi connectivity index (χ3v) is 4.78. The lowest BCUT2D eigenvalue weighted by atomic mass is 10.0. The molecule has 0 radical (unpaired) electrons. The van der Waals surface area contributed by atoms with Gasteiger partial charge in [-0.2, -0.15) is 0 Å². The number of ether oxygens (including phenoxy) is 1. The third kappa shape index (κ3) is 3.84. The molecule has 0 unspecified atom stereocenters. The monoisotopic (exact) mass is 369 g/mol. The molecule has 0 saturated carbocycles. The number of rotatable bonds is 4. The van der Waals surface area contributed by atoms with E-state index in [2.05, 4.69) is 15.9 Å². The van der Waals surface area contributed by atoms with Gasteiger partial charge in [0, 0.05) is 0 Å². The lowest BCUT2D eigenvalue weighted by Crippen LogP contribution is -2.12. The Morgan fingerprint density at radius 3 is 2.29 bits per heavy atom. The summed E-state index contributed by atoms with van der Waals surface area (Å²) in [5, 5.41) is 5.09. The summed E-state index contributed by atoms with van der Waals surface area (Å²) < 4.78 is 28.9. The van der Waals surface area contributed by atoms with E-state index in [4.69, 9.17) is 9.88 Å². The Labute approximate surface area is 133 Å². The van der Waals surface area contributed by atoms with Crippen LogP contribution in [0.1, 0.15) is 16.7 Å². The molecule has 0 heterocycles. The van der Waals surface area contributed by atoms with Crippen molar-refractivity contribution in [1.82, 2.24) is 0 Å². The van der Waals surface area contributed by atoms with Crippen LogP contribution in [0.4, 0.5) is 0 Å². The minimum absolute atomic E-state index is 0.0498. The van der Waals surface area contributed by atoms with E-state index in [-0.39, 0.29) is 4.90 Å². The second-order valence-electron chi connectivity index (χ2n) is 4.80. The Bertz CT molecular complexity index is 752. The fourth-order valence-electron chi connectivity index (χ4n) is 2.00. The molecular weight excluding hydrogens is 354 g/mol. The molecule has 2 N–H and O–H groups in total. The maximum Gasteiger partial charge on any atom is 0.238 e. The van der Waals surface area contributed by atoms with E-state index >= 15 is 0 Å². The molecule has 0 atom stereocenters. The molecule has 2 rings (SSSR count). The zero-order valence-electron chi connectivity index (χ0n) is 11.8. The van der Waals surface area contributed by atoms with E-state index in [1.165, 1.54) is 12.1 Å². The Balaban J connectivity index is 2.22. The molecule has 0 spiro atoms. The summed E-state index contributed by atoms with van der Waals surface area (Å²) in [5.74, 6) is 0.574. The van der Waals surface area contributed by atoms with Crippen molar-refractivity contribution >= 4 is 26.0 Å². The van der Waals surface area contributed by atoms with Crippen molar-refractivity contribution in [2.24, 2.45) is 5.14 Å². The van der Waals surface area contributed by atoms with E-state index in [1.54, 1.807) is 6.07 Å². The number of benzene rings is 2. The first kappa shape index (κ1) is 16.0. The lowest BCUT2D eigenvalue weighted by molar-refractivity contribution is 0.302. The van der Waals surface area contributed by atoms with Gasteiger partial charge in [0.15, 0.2) is 0 Å². The Morgan fingerprint density at radius 1 is 1.14 bits per heavy atom. The maximum absolute atomic E-state index is 11.3. The highest BCUT2D eigenvalue weighted by Gasteiger charge is 2.11. The van der Waals surface area contributed by atoms with Crippen molar-refractivity contribution < 1.29 is 13.2 Å². The number of sulfonamides is 1. The van der Waals surface area contributed by atoms with Crippen molar-refractivity contribution in [3.8, 4) is 5.75 Å². The van der Waals surface area contributed by atoms with Crippen LogP contribution in [0.15, 0.2) is 45.8 Å². The predicted octanol–water partition coefficient (Wildman–Crippen LogP) is 3.29. The van der Waals surface area contributed by atoms with E-state index in [9.17, 15) is 8.42 Å². The average Bonchev–Trinajstić information content (AvgIpc) is 2.38. The van der Waals surface area contributed by atoms with Crippen LogP contribution in [0.2, 0.25) is 0 Å². The van der Waals surface area contributed by atoms with Crippen LogP contribution in [0.25, 0.3) is 0 Å². The molecule has 0 amide bonds. The first-order valence-corrected chi connectivity index (χ1v) is 8.63. The van der Waals surface area contributed by atoms with Gasteiger partial charge in [-0.3, -0.25) is 0 Å². The van der Waals surface area contributed by atoms with Gasteiger partial charge >= 0.3 is 0 Å². The Kier molecular flexibility index (Phi) is 4.70. The largest absolute Gasteiger partial charge is 0.488 e. The fraction of sp³-hybridized carbons (Fsp3) is 0.200. The van der Waals surface area contributed by atoms with Gasteiger partial charge < -0.3 is 4.74 Å². The number of primary sulfonamides is 1. The predicted molar refractivity (Wildman–Crippen MR) is 85.8 cm³/mol. The molecule has 0 bridgehead atoms. The molecule has 112 valence electrons. The molecule has 0 aromatic heterocycles. The van der Waals surface area contributed by atoms with E-state index in [0.717, 1.165) is 16.7 Å². The van der Waals surface area contributed by atoms with Gasteiger partial charge in [0.1, 0.15) is 12.4 Å². The first-order chi connectivity index (χ1) is 9.79. The van der Waals surface area contributed by atoms with E-state index in [1.807, 2.05) is 32.0 Å². The molecule has 0 aliphatic rings. The normalized spacial score (nSPS) is 11.4. The Morgan fingerprint density at radius 2 is 1.76 bits per heavy atom. The molecule has 6 heteroatoms. The van der Waals surface area contributed by atoms with E-state index in [0.29, 0.717) is 16.8 Å². The SMILES string of the molecule is Cc1cccc(C)c1COc1ccc(S(N)(=O)=O)cc1Br. The van der Waals surface area contributed by atoms with Gasteiger partial charge in [0.2, 0.25) is 10.0 Å². The van der Waals surface area contributed by atoms with Crippen LogP contribution >= 0.6 is 15.9 Å². The lowest BCUT2D eigenvalue weighted by Gasteiger charge is -2.13. The summed E-state index contributed by atoms with van der Waals surface area (Å²) in [6.45, 7) is 4.49.